The molecule has 202 valence electrons. The van der Waals surface area contributed by atoms with Crippen LogP contribution in [0.25, 0.3) is 22.0 Å². The van der Waals surface area contributed by atoms with Crippen LogP contribution in [0, 0.1) is 18.2 Å². The van der Waals surface area contributed by atoms with Crippen LogP contribution in [0.5, 0.6) is 0 Å². The fourth-order valence-electron chi connectivity index (χ4n) is 4.34. The molecule has 4 rings (SSSR count). The predicted molar refractivity (Wildman–Crippen MR) is 128 cm³/mol. The third kappa shape index (κ3) is 5.79. The number of fused-ring (bicyclic) bond motifs is 1. The van der Waals surface area contributed by atoms with E-state index >= 15 is 4.39 Å². The van der Waals surface area contributed by atoms with Gasteiger partial charge < -0.3 is 4.57 Å². The lowest BCUT2D eigenvalue weighted by molar-refractivity contribution is -0.137. The van der Waals surface area contributed by atoms with Gasteiger partial charge in [-0.05, 0) is 43.4 Å². The summed E-state index contributed by atoms with van der Waals surface area (Å²) in [5.41, 5.74) is -2.20. The Balaban J connectivity index is 1.95. The van der Waals surface area contributed by atoms with Gasteiger partial charge in [0.25, 0.3) is 6.43 Å². The summed E-state index contributed by atoms with van der Waals surface area (Å²) in [6.45, 7) is 7.24. The minimum Gasteiger partial charge on any atom is -0.347 e. The van der Waals surface area contributed by atoms with Gasteiger partial charge in [-0.25, -0.2) is 26.3 Å². The molecule has 1 aliphatic carbocycles. The van der Waals surface area contributed by atoms with Crippen LogP contribution in [0.1, 0.15) is 56.5 Å². The highest BCUT2D eigenvalue weighted by Crippen LogP contribution is 2.41. The quantitative estimate of drug-likeness (QED) is 0.339. The van der Waals surface area contributed by atoms with E-state index in [0.29, 0.717) is 12.8 Å². The maximum absolute atomic E-state index is 15.4. The SMILES string of the molecule is Cc1cc(C(F)(F)F)c(-c2cc3c(cc2F)c([C@H](NS(=O)(=O)C2CC2)C(F)F)cn3CC(C)(C)C)cn1. The Kier molecular flexibility index (Phi) is 6.90. The molecule has 1 saturated carbocycles. The van der Waals surface area contributed by atoms with E-state index in [-0.39, 0.29) is 34.3 Å². The van der Waals surface area contributed by atoms with Crippen molar-refractivity contribution in [2.45, 2.75) is 71.0 Å². The van der Waals surface area contributed by atoms with Gasteiger partial charge in [-0.3, -0.25) is 4.98 Å². The lowest BCUT2D eigenvalue weighted by atomic mass is 9.96. The maximum atomic E-state index is 15.4. The normalized spacial score (nSPS) is 16.1. The van der Waals surface area contributed by atoms with Crippen molar-refractivity contribution in [2.24, 2.45) is 5.41 Å². The molecule has 3 aromatic rings. The zero-order valence-corrected chi connectivity index (χ0v) is 21.4. The van der Waals surface area contributed by atoms with E-state index in [9.17, 15) is 30.4 Å². The van der Waals surface area contributed by atoms with E-state index < -0.39 is 56.3 Å². The number of hydrogen-bond donors (Lipinski definition) is 1. The Morgan fingerprint density at radius 2 is 1.76 bits per heavy atom. The largest absolute Gasteiger partial charge is 0.417 e. The van der Waals surface area contributed by atoms with E-state index in [1.54, 1.807) is 4.57 Å². The number of aromatic nitrogens is 2. The molecule has 0 aliphatic heterocycles. The van der Waals surface area contributed by atoms with Gasteiger partial charge in [0.15, 0.2) is 0 Å². The van der Waals surface area contributed by atoms with Crippen molar-refractivity contribution in [1.29, 1.82) is 0 Å². The van der Waals surface area contributed by atoms with Gasteiger partial charge in [0.05, 0.1) is 10.8 Å². The van der Waals surface area contributed by atoms with Crippen molar-refractivity contribution < 1.29 is 34.8 Å². The number of rotatable bonds is 7. The van der Waals surface area contributed by atoms with E-state index in [4.69, 9.17) is 0 Å². The lowest BCUT2D eigenvalue weighted by Gasteiger charge is -2.20. The number of alkyl halides is 5. The van der Waals surface area contributed by atoms with Crippen LogP contribution >= 0.6 is 0 Å². The molecule has 1 N–H and O–H groups in total. The molecular weight excluding hydrogens is 520 g/mol. The molecule has 5 nitrogen and oxygen atoms in total. The van der Waals surface area contributed by atoms with Crippen LogP contribution in [0.2, 0.25) is 0 Å². The molecule has 2 aromatic heterocycles. The Labute approximate surface area is 210 Å². The van der Waals surface area contributed by atoms with Gasteiger partial charge >= 0.3 is 6.18 Å². The van der Waals surface area contributed by atoms with Crippen LogP contribution in [0.15, 0.2) is 30.6 Å². The second-order valence-corrected chi connectivity index (χ2v) is 12.7. The number of nitrogens with one attached hydrogen (secondary N) is 1. The van der Waals surface area contributed by atoms with Crippen molar-refractivity contribution in [3.8, 4) is 11.1 Å². The highest BCUT2D eigenvalue weighted by molar-refractivity contribution is 7.90. The Morgan fingerprint density at radius 1 is 1.11 bits per heavy atom. The van der Waals surface area contributed by atoms with Gasteiger partial charge in [-0.1, -0.05) is 20.8 Å². The number of aryl methyl sites for hydroxylation is 1. The minimum atomic E-state index is -4.79. The third-order valence-electron chi connectivity index (χ3n) is 6.12. The second kappa shape index (κ2) is 9.30. The van der Waals surface area contributed by atoms with Gasteiger partial charge in [-0.15, -0.1) is 0 Å². The number of nitrogens with zero attached hydrogens (tertiary/aromatic N) is 2. The molecule has 1 aliphatic rings. The first-order valence-corrected chi connectivity index (χ1v) is 13.2. The van der Waals surface area contributed by atoms with Crippen LogP contribution in [0.4, 0.5) is 26.3 Å². The minimum absolute atomic E-state index is 0.0112. The average molecular weight is 548 g/mol. The molecule has 2 heterocycles. The lowest BCUT2D eigenvalue weighted by Crippen LogP contribution is -2.35. The fraction of sp³-hybridized carbons (Fsp3) is 0.480. The van der Waals surface area contributed by atoms with Crippen LogP contribution in [-0.2, 0) is 22.7 Å². The zero-order valence-electron chi connectivity index (χ0n) is 20.6. The average Bonchev–Trinajstić information content (AvgIpc) is 3.56. The first-order chi connectivity index (χ1) is 17.0. The molecule has 0 amide bonds. The fourth-order valence-corrected chi connectivity index (χ4v) is 5.88. The van der Waals surface area contributed by atoms with Crippen LogP contribution in [0.3, 0.4) is 0 Å². The summed E-state index contributed by atoms with van der Waals surface area (Å²) in [5, 5.41) is -0.766. The third-order valence-corrected chi connectivity index (χ3v) is 8.05. The summed E-state index contributed by atoms with van der Waals surface area (Å²) in [5.74, 6) is -1.07. The first-order valence-electron chi connectivity index (χ1n) is 11.6. The number of pyridine rings is 1. The van der Waals surface area contributed by atoms with Crippen molar-refractivity contribution in [3.63, 3.8) is 0 Å². The number of hydrogen-bond acceptors (Lipinski definition) is 3. The smallest absolute Gasteiger partial charge is 0.347 e. The predicted octanol–water partition coefficient (Wildman–Crippen LogP) is 6.60. The topological polar surface area (TPSA) is 64.0 Å². The molecule has 12 heteroatoms. The summed E-state index contributed by atoms with van der Waals surface area (Å²) in [6.07, 6.45) is -4.95. The van der Waals surface area contributed by atoms with Gasteiger partial charge in [0, 0.05) is 52.2 Å². The van der Waals surface area contributed by atoms with Crippen molar-refractivity contribution in [1.82, 2.24) is 14.3 Å². The monoisotopic (exact) mass is 547 g/mol. The summed E-state index contributed by atoms with van der Waals surface area (Å²) >= 11 is 0. The Morgan fingerprint density at radius 3 is 2.30 bits per heavy atom. The standard InChI is InChI=1S/C25H27F6N3O2S/c1-13-7-19(25(29,30)31)17(10-32-13)15-9-21-16(8-20(15)26)18(11-34(21)12-24(2,3)4)22(23(27)28)33-37(35,36)14-5-6-14/h7-11,14,22-23,33H,5-6,12H2,1-4H3/t22-/m0/s1. The first kappa shape index (κ1) is 27.4. The van der Waals surface area contributed by atoms with Crippen LogP contribution < -0.4 is 4.72 Å². The molecule has 0 bridgehead atoms. The molecule has 1 fully saturated rings. The van der Waals surface area contributed by atoms with Crippen molar-refractivity contribution in [2.75, 3.05) is 0 Å². The van der Waals surface area contributed by atoms with E-state index in [1.807, 2.05) is 20.8 Å². The highest BCUT2D eigenvalue weighted by Gasteiger charge is 2.40. The van der Waals surface area contributed by atoms with E-state index in [0.717, 1.165) is 18.3 Å². The number of benzene rings is 1. The van der Waals surface area contributed by atoms with E-state index in [2.05, 4.69) is 9.71 Å². The van der Waals surface area contributed by atoms with E-state index in [1.165, 1.54) is 19.2 Å². The highest BCUT2D eigenvalue weighted by atomic mass is 32.2. The van der Waals surface area contributed by atoms with Gasteiger partial charge in [0.2, 0.25) is 10.0 Å². The summed E-state index contributed by atoms with van der Waals surface area (Å²) in [6, 6.07) is 0.934. The molecule has 0 saturated heterocycles. The van der Waals surface area contributed by atoms with Crippen molar-refractivity contribution in [3.05, 3.63) is 53.2 Å². The van der Waals surface area contributed by atoms with Gasteiger partial charge in [0.1, 0.15) is 11.9 Å². The molecule has 0 radical (unpaired) electrons. The Bertz CT molecular complexity index is 1440. The number of halogens is 6. The molecule has 0 unspecified atom stereocenters. The van der Waals surface area contributed by atoms with Crippen molar-refractivity contribution >= 4 is 20.9 Å². The summed E-state index contributed by atoms with van der Waals surface area (Å²) < 4.78 is 114. The second-order valence-electron chi connectivity index (χ2n) is 10.7. The molecule has 1 aromatic carbocycles. The molecular formula is C25H27F6N3O2S. The summed E-state index contributed by atoms with van der Waals surface area (Å²) in [7, 11) is -4.03. The molecule has 0 spiro atoms. The molecule has 37 heavy (non-hydrogen) atoms. The molecule has 1 atom stereocenters. The van der Waals surface area contributed by atoms with Gasteiger partial charge in [-0.2, -0.15) is 13.2 Å². The maximum Gasteiger partial charge on any atom is 0.417 e. The summed E-state index contributed by atoms with van der Waals surface area (Å²) in [4.78, 5) is 3.90. The number of sulfonamides is 1. The van der Waals surface area contributed by atoms with Crippen LogP contribution in [-0.4, -0.2) is 29.6 Å². The zero-order chi connectivity index (χ0) is 27.5. The Hall–Kier alpha value is -2.60.